The Kier molecular flexibility index (Phi) is 8.10. The highest BCUT2D eigenvalue weighted by molar-refractivity contribution is 6.30. The molecule has 3 aromatic carbocycles. The molecule has 0 radical (unpaired) electrons. The van der Waals surface area contributed by atoms with Gasteiger partial charge in [0.25, 0.3) is 5.91 Å². The Balaban J connectivity index is 1.40. The second-order valence-electron chi connectivity index (χ2n) is 10.4. The number of methoxy groups -OCH3 is 1. The summed E-state index contributed by atoms with van der Waals surface area (Å²) in [5.74, 6) is -2.20. The first-order valence-corrected chi connectivity index (χ1v) is 14.3. The van der Waals surface area contributed by atoms with Crippen molar-refractivity contribution in [3.63, 3.8) is 0 Å². The van der Waals surface area contributed by atoms with Crippen LogP contribution in [0.2, 0.25) is 5.02 Å². The highest BCUT2D eigenvalue weighted by atomic mass is 35.5. The highest BCUT2D eigenvalue weighted by Gasteiger charge is 2.38. The van der Waals surface area contributed by atoms with E-state index < -0.39 is 23.7 Å². The molecule has 1 N–H and O–H groups in total. The zero-order valence-corrected chi connectivity index (χ0v) is 24.6. The van der Waals surface area contributed by atoms with Gasteiger partial charge in [-0.2, -0.15) is 0 Å². The van der Waals surface area contributed by atoms with E-state index >= 15 is 0 Å². The number of ether oxygens (including phenoxy) is 1. The van der Waals surface area contributed by atoms with Gasteiger partial charge in [0, 0.05) is 24.7 Å². The summed E-state index contributed by atoms with van der Waals surface area (Å²) in [6.45, 7) is 0.179. The van der Waals surface area contributed by atoms with Gasteiger partial charge in [0.2, 0.25) is 5.88 Å². The highest BCUT2D eigenvalue weighted by Crippen LogP contribution is 2.40. The summed E-state index contributed by atoms with van der Waals surface area (Å²) < 4.78 is 21.3. The molecule has 2 aromatic heterocycles. The number of Topliss-reactive ketones (excluding diaryl/α,β-unsaturated/α-hetero) is 1. The van der Waals surface area contributed by atoms with Gasteiger partial charge in [-0.15, -0.1) is 5.10 Å². The number of ketones is 1. The Morgan fingerprint density at radius 1 is 1.02 bits per heavy atom. The van der Waals surface area contributed by atoms with E-state index in [1.54, 1.807) is 30.5 Å². The van der Waals surface area contributed by atoms with Crippen molar-refractivity contribution in [3.05, 3.63) is 124 Å². The van der Waals surface area contributed by atoms with E-state index in [9.17, 15) is 23.9 Å². The predicted octanol–water partition coefficient (Wildman–Crippen LogP) is 5.38. The smallest absolute Gasteiger partial charge is 0.335 e. The van der Waals surface area contributed by atoms with Gasteiger partial charge >= 0.3 is 5.97 Å². The van der Waals surface area contributed by atoms with E-state index in [0.717, 1.165) is 21.4 Å². The van der Waals surface area contributed by atoms with Crippen LogP contribution in [0.1, 0.15) is 43.6 Å². The van der Waals surface area contributed by atoms with Crippen molar-refractivity contribution in [2.45, 2.75) is 18.9 Å². The zero-order valence-electron chi connectivity index (χ0n) is 23.9. The molecule has 0 aliphatic carbocycles. The fourth-order valence-corrected chi connectivity index (χ4v) is 5.77. The van der Waals surface area contributed by atoms with Gasteiger partial charge in [-0.1, -0.05) is 53.2 Å². The lowest BCUT2D eigenvalue weighted by Crippen LogP contribution is -2.44. The number of carboxylic acids is 1. The van der Waals surface area contributed by atoms with E-state index in [1.165, 1.54) is 42.5 Å². The maximum Gasteiger partial charge on any atom is 0.335 e. The van der Waals surface area contributed by atoms with Crippen LogP contribution in [0, 0.1) is 5.82 Å². The third-order valence-corrected chi connectivity index (χ3v) is 8.00. The van der Waals surface area contributed by atoms with Crippen LogP contribution in [0.4, 0.5) is 4.39 Å². The monoisotopic (exact) mass is 625 g/mol. The Morgan fingerprint density at radius 2 is 1.78 bits per heavy atom. The lowest BCUT2D eigenvalue weighted by molar-refractivity contribution is -0.123. The van der Waals surface area contributed by atoms with Gasteiger partial charge in [-0.3, -0.25) is 9.59 Å². The molecule has 226 valence electrons. The summed E-state index contributed by atoms with van der Waals surface area (Å²) in [5.41, 5.74) is 3.72. The van der Waals surface area contributed by atoms with Crippen molar-refractivity contribution in [3.8, 4) is 22.7 Å². The number of aromatic nitrogens is 4. The van der Waals surface area contributed by atoms with Crippen LogP contribution < -0.4 is 4.74 Å². The minimum atomic E-state index is -1.07. The number of nitrogens with zero attached hydrogens (tertiary/aromatic N) is 5. The fraction of sp³-hybridized carbons (Fsp3) is 0.152. The number of amides is 1. The molecule has 10 nitrogen and oxygen atoms in total. The lowest BCUT2D eigenvalue weighted by Gasteiger charge is -2.37. The van der Waals surface area contributed by atoms with Crippen LogP contribution in [-0.2, 0) is 17.6 Å². The van der Waals surface area contributed by atoms with Gasteiger partial charge in [0.05, 0.1) is 23.9 Å². The second-order valence-corrected chi connectivity index (χ2v) is 10.8. The van der Waals surface area contributed by atoms with Gasteiger partial charge < -0.3 is 14.7 Å². The van der Waals surface area contributed by atoms with Crippen molar-refractivity contribution in [1.29, 1.82) is 0 Å². The number of carbonyl (C=O) groups is 3. The summed E-state index contributed by atoms with van der Waals surface area (Å²) in [6, 6.07) is 18.7. The normalized spacial score (nSPS) is 14.1. The van der Waals surface area contributed by atoms with Gasteiger partial charge in [-0.25, -0.2) is 18.9 Å². The van der Waals surface area contributed by atoms with Crippen molar-refractivity contribution >= 4 is 29.3 Å². The van der Waals surface area contributed by atoms with Crippen molar-refractivity contribution in [2.24, 2.45) is 0 Å². The largest absolute Gasteiger partial charge is 0.481 e. The van der Waals surface area contributed by atoms with E-state index in [0.29, 0.717) is 23.4 Å². The number of carbonyl (C=O) groups excluding carboxylic acids is 2. The number of carboxylic acid groups (broad SMARTS) is 1. The molecule has 1 unspecified atom stereocenters. The van der Waals surface area contributed by atoms with Gasteiger partial charge in [-0.05, 0) is 65.1 Å². The molecule has 3 heterocycles. The number of hydrogen-bond donors (Lipinski definition) is 1. The minimum absolute atomic E-state index is 0.0190. The predicted molar refractivity (Wildman–Crippen MR) is 162 cm³/mol. The van der Waals surface area contributed by atoms with Crippen LogP contribution in [0.3, 0.4) is 0 Å². The van der Waals surface area contributed by atoms with Crippen molar-refractivity contribution in [2.75, 3.05) is 13.7 Å². The molecule has 12 heteroatoms. The summed E-state index contributed by atoms with van der Waals surface area (Å²) in [7, 11) is 1.53. The molecule has 1 aliphatic heterocycles. The average Bonchev–Trinajstić information content (AvgIpc) is 3.55. The number of rotatable bonds is 8. The molecule has 1 amide bonds. The van der Waals surface area contributed by atoms with Crippen molar-refractivity contribution < 1.29 is 28.6 Å². The SMILES string of the molecule is COc1ncccc1-c1cccc2c1CCN(C(=O)c1cn(-c3cccc(Cl)c3F)nn1)C2C(=O)Cc1ccc(C(=O)O)cc1. The fourth-order valence-electron chi connectivity index (χ4n) is 5.61. The molecular weight excluding hydrogens is 601 g/mol. The molecule has 45 heavy (non-hydrogen) atoms. The number of benzene rings is 3. The summed E-state index contributed by atoms with van der Waals surface area (Å²) in [4.78, 5) is 45.2. The molecule has 6 rings (SSSR count). The molecule has 1 aliphatic rings. The number of hydrogen-bond acceptors (Lipinski definition) is 7. The molecule has 1 atom stereocenters. The van der Waals surface area contributed by atoms with Crippen LogP contribution >= 0.6 is 11.6 Å². The number of pyridine rings is 1. The van der Waals surface area contributed by atoms with Crippen LogP contribution in [0.25, 0.3) is 16.8 Å². The number of fused-ring (bicyclic) bond motifs is 1. The van der Waals surface area contributed by atoms with E-state index in [4.69, 9.17) is 16.3 Å². The summed E-state index contributed by atoms with van der Waals surface area (Å²) >= 11 is 5.93. The maximum atomic E-state index is 14.7. The quantitative estimate of drug-likeness (QED) is 0.243. The van der Waals surface area contributed by atoms with E-state index in [2.05, 4.69) is 15.3 Å². The Bertz CT molecular complexity index is 1940. The number of halogens is 2. The summed E-state index contributed by atoms with van der Waals surface area (Å²) in [6.07, 6.45) is 3.29. The third kappa shape index (κ3) is 5.65. The minimum Gasteiger partial charge on any atom is -0.481 e. The maximum absolute atomic E-state index is 14.7. The Hall–Kier alpha value is -5.42. The summed E-state index contributed by atoms with van der Waals surface area (Å²) in [5, 5.41) is 17.1. The van der Waals surface area contributed by atoms with Crippen LogP contribution in [0.15, 0.2) is 85.2 Å². The molecule has 0 spiro atoms. The molecule has 5 aromatic rings. The topological polar surface area (TPSA) is 128 Å². The number of aromatic carboxylic acids is 1. The van der Waals surface area contributed by atoms with Crippen molar-refractivity contribution in [1.82, 2.24) is 24.9 Å². The first kappa shape index (κ1) is 29.6. The van der Waals surface area contributed by atoms with Crippen LogP contribution in [-0.4, -0.2) is 61.3 Å². The van der Waals surface area contributed by atoms with Crippen LogP contribution in [0.5, 0.6) is 5.88 Å². The molecule has 0 saturated carbocycles. The van der Waals surface area contributed by atoms with E-state index in [-0.39, 0.29) is 40.7 Å². The second kappa shape index (κ2) is 12.3. The average molecular weight is 626 g/mol. The standard InChI is InChI=1S/C33H25ClFN5O5/c1-45-31-24(7-4-15-36-31)21-5-2-6-23-22(21)14-16-39(30(23)28(41)17-19-10-12-20(13-11-19)33(43)44)32(42)26-18-40(38-37-26)27-9-3-8-25(34)29(27)35/h2-13,15,18,30H,14,16-17H2,1H3,(H,43,44). The molecule has 0 fully saturated rings. The molecular formula is C33H25ClFN5O5. The first-order valence-electron chi connectivity index (χ1n) is 13.9. The van der Waals surface area contributed by atoms with E-state index in [1.807, 2.05) is 24.3 Å². The lowest BCUT2D eigenvalue weighted by atomic mass is 9.84. The molecule has 0 saturated heterocycles. The Morgan fingerprint density at radius 3 is 2.53 bits per heavy atom. The van der Waals surface area contributed by atoms with Gasteiger partial charge in [0.15, 0.2) is 17.3 Å². The van der Waals surface area contributed by atoms with Gasteiger partial charge in [0.1, 0.15) is 11.7 Å². The zero-order chi connectivity index (χ0) is 31.7. The molecule has 0 bridgehead atoms. The third-order valence-electron chi connectivity index (χ3n) is 7.71. The first-order chi connectivity index (χ1) is 21.8. The Labute approximate surface area is 261 Å².